The fraction of sp³-hybridized carbons (Fsp3) is 0. The van der Waals surface area contributed by atoms with Crippen molar-refractivity contribution in [2.75, 3.05) is 0 Å². The highest BCUT2D eigenvalue weighted by Gasteiger charge is 1.84. The van der Waals surface area contributed by atoms with Crippen LogP contribution in [0.3, 0.4) is 0 Å². The molecular weight excluding hydrogens is 120 g/mol. The second-order valence-electron chi connectivity index (χ2n) is 1.13. The minimum absolute atomic E-state index is 0. The lowest BCUT2D eigenvalue weighted by Crippen LogP contribution is -1.65. The van der Waals surface area contributed by atoms with E-state index in [1.807, 2.05) is 0 Å². The van der Waals surface area contributed by atoms with Gasteiger partial charge in [0.15, 0.2) is 12.0 Å². The molecule has 0 fully saturated rings. The summed E-state index contributed by atoms with van der Waals surface area (Å²) in [6.07, 6.45) is 2.13. The molecule has 0 amide bonds. The summed E-state index contributed by atoms with van der Waals surface area (Å²) in [6.45, 7) is 0. The van der Waals surface area contributed by atoms with E-state index in [9.17, 15) is 4.79 Å². The average Bonchev–Trinajstić information content (AvgIpc) is 2.14. The van der Waals surface area contributed by atoms with Gasteiger partial charge in [-0.1, -0.05) is 0 Å². The molecule has 0 N–H and O–H groups in total. The Labute approximate surface area is 51.5 Å². The molecule has 44 valence electrons. The Morgan fingerprint density at radius 1 is 1.62 bits per heavy atom. The van der Waals surface area contributed by atoms with Gasteiger partial charge in [0.1, 0.15) is 0 Å². The molecule has 0 aliphatic rings. The number of furan rings is 1. The third-order valence-corrected chi connectivity index (χ3v) is 0.659. The van der Waals surface area contributed by atoms with Crippen molar-refractivity contribution in [2.24, 2.45) is 0 Å². The Morgan fingerprint density at radius 3 is 2.62 bits per heavy atom. The van der Waals surface area contributed by atoms with Crippen LogP contribution in [0.25, 0.3) is 0 Å². The van der Waals surface area contributed by atoms with Gasteiger partial charge in [-0.15, -0.1) is 0 Å². The van der Waals surface area contributed by atoms with Gasteiger partial charge < -0.3 is 4.42 Å². The highest BCUT2D eigenvalue weighted by atomic mass is 28.1. The molecule has 0 aromatic carbocycles. The van der Waals surface area contributed by atoms with Crippen LogP contribution in [0, 0.1) is 0 Å². The molecule has 0 saturated heterocycles. The van der Waals surface area contributed by atoms with Gasteiger partial charge in [-0.2, -0.15) is 0 Å². The standard InChI is InChI=1S/C5H4O2.H4Si/c6-4-5-2-1-3-7-5;/h1-4H;1H4. The van der Waals surface area contributed by atoms with E-state index in [1.54, 1.807) is 12.1 Å². The van der Waals surface area contributed by atoms with Crippen molar-refractivity contribution in [1.29, 1.82) is 0 Å². The average molecular weight is 128 g/mol. The lowest BCUT2D eigenvalue weighted by Gasteiger charge is -1.68. The fourth-order valence-electron chi connectivity index (χ4n) is 0.358. The maximum absolute atomic E-state index is 9.77. The summed E-state index contributed by atoms with van der Waals surface area (Å²) in [7, 11) is 0. The van der Waals surface area contributed by atoms with Crippen molar-refractivity contribution < 1.29 is 9.21 Å². The minimum Gasteiger partial charge on any atom is -0.462 e. The third-order valence-electron chi connectivity index (χ3n) is 0.659. The molecule has 0 spiro atoms. The molecule has 1 rings (SSSR count). The molecule has 1 aromatic heterocycles. The van der Waals surface area contributed by atoms with Gasteiger partial charge in [0.2, 0.25) is 0 Å². The highest BCUT2D eigenvalue weighted by Crippen LogP contribution is 1.92. The molecule has 0 unspecified atom stereocenters. The minimum atomic E-state index is 0. The molecule has 0 aliphatic heterocycles. The molecule has 0 radical (unpaired) electrons. The molecule has 3 heteroatoms. The van der Waals surface area contributed by atoms with Crippen LogP contribution < -0.4 is 0 Å². The Kier molecular flexibility index (Phi) is 2.87. The van der Waals surface area contributed by atoms with Gasteiger partial charge in [-0.25, -0.2) is 0 Å². The first-order valence-electron chi connectivity index (χ1n) is 1.92. The van der Waals surface area contributed by atoms with Crippen LogP contribution in [-0.4, -0.2) is 17.3 Å². The lowest BCUT2D eigenvalue weighted by molar-refractivity contribution is 0.110. The normalized spacial score (nSPS) is 7.50. The van der Waals surface area contributed by atoms with Crippen LogP contribution in [0.2, 0.25) is 0 Å². The molecule has 0 saturated carbocycles. The van der Waals surface area contributed by atoms with Gasteiger partial charge >= 0.3 is 0 Å². The fourth-order valence-corrected chi connectivity index (χ4v) is 0.358. The van der Waals surface area contributed by atoms with Crippen LogP contribution in [0.15, 0.2) is 22.8 Å². The van der Waals surface area contributed by atoms with Crippen LogP contribution in [-0.2, 0) is 0 Å². The summed E-state index contributed by atoms with van der Waals surface area (Å²) in [5.74, 6) is 0.375. The van der Waals surface area contributed by atoms with E-state index in [0.29, 0.717) is 12.0 Å². The Hall–Kier alpha value is -0.833. The first kappa shape index (κ1) is 7.17. The van der Waals surface area contributed by atoms with Crippen LogP contribution in [0.5, 0.6) is 0 Å². The van der Waals surface area contributed by atoms with E-state index >= 15 is 0 Å². The smallest absolute Gasteiger partial charge is 0.185 e. The topological polar surface area (TPSA) is 30.2 Å². The Bertz CT molecular complexity index is 145. The summed E-state index contributed by atoms with van der Waals surface area (Å²) >= 11 is 0. The first-order chi connectivity index (χ1) is 3.43. The van der Waals surface area contributed by atoms with Crippen LogP contribution >= 0.6 is 0 Å². The summed E-state index contributed by atoms with van der Waals surface area (Å²) in [6, 6.07) is 3.27. The zero-order valence-corrected chi connectivity index (χ0v) is 3.63. The summed E-state index contributed by atoms with van der Waals surface area (Å²) in [4.78, 5) is 9.77. The van der Waals surface area contributed by atoms with Gasteiger partial charge in [0, 0.05) is 0 Å². The van der Waals surface area contributed by atoms with Crippen molar-refractivity contribution in [2.45, 2.75) is 0 Å². The van der Waals surface area contributed by atoms with E-state index in [1.165, 1.54) is 6.26 Å². The van der Waals surface area contributed by atoms with Crippen molar-refractivity contribution >= 4 is 17.3 Å². The van der Waals surface area contributed by atoms with Gasteiger partial charge in [0.05, 0.1) is 6.26 Å². The van der Waals surface area contributed by atoms with Crippen molar-refractivity contribution in [3.8, 4) is 0 Å². The summed E-state index contributed by atoms with van der Waals surface area (Å²) in [5, 5.41) is 0. The maximum atomic E-state index is 9.77. The zero-order chi connectivity index (χ0) is 5.11. The molecule has 0 atom stereocenters. The van der Waals surface area contributed by atoms with E-state index < -0.39 is 0 Å². The molecule has 1 aromatic rings. The monoisotopic (exact) mass is 128 g/mol. The highest BCUT2D eigenvalue weighted by molar-refractivity contribution is 5.75. The van der Waals surface area contributed by atoms with E-state index in [0.717, 1.165) is 0 Å². The first-order valence-corrected chi connectivity index (χ1v) is 1.92. The predicted molar refractivity (Wildman–Crippen MR) is 35.4 cm³/mol. The molecule has 1 heterocycles. The predicted octanol–water partition coefficient (Wildman–Crippen LogP) is -0.360. The lowest BCUT2D eigenvalue weighted by atomic mass is 10.5. The van der Waals surface area contributed by atoms with E-state index in [4.69, 9.17) is 0 Å². The number of hydrogen-bond acceptors (Lipinski definition) is 2. The van der Waals surface area contributed by atoms with E-state index in [-0.39, 0.29) is 11.0 Å². The van der Waals surface area contributed by atoms with Crippen molar-refractivity contribution in [3.05, 3.63) is 24.2 Å². The number of aldehydes is 1. The molecule has 2 nitrogen and oxygen atoms in total. The maximum Gasteiger partial charge on any atom is 0.185 e. The number of carbonyl (C=O) groups excluding carboxylic acids is 1. The van der Waals surface area contributed by atoms with Gasteiger partial charge in [0.25, 0.3) is 0 Å². The van der Waals surface area contributed by atoms with Crippen LogP contribution in [0.4, 0.5) is 0 Å². The zero-order valence-electron chi connectivity index (χ0n) is 3.63. The molecule has 8 heavy (non-hydrogen) atoms. The number of carbonyl (C=O) groups is 1. The summed E-state index contributed by atoms with van der Waals surface area (Å²) in [5.41, 5.74) is 0. The number of rotatable bonds is 1. The van der Waals surface area contributed by atoms with E-state index in [2.05, 4.69) is 4.42 Å². The Morgan fingerprint density at radius 2 is 2.38 bits per heavy atom. The largest absolute Gasteiger partial charge is 0.462 e. The Balaban J connectivity index is 0.000000490. The molecule has 0 aliphatic carbocycles. The summed E-state index contributed by atoms with van der Waals surface area (Å²) < 4.78 is 4.61. The van der Waals surface area contributed by atoms with Crippen molar-refractivity contribution in [3.63, 3.8) is 0 Å². The SMILES string of the molecule is O=Cc1ccco1.[SiH4]. The van der Waals surface area contributed by atoms with Crippen molar-refractivity contribution in [1.82, 2.24) is 0 Å². The quantitative estimate of drug-likeness (QED) is 0.382. The second-order valence-corrected chi connectivity index (χ2v) is 1.13. The molecule has 0 bridgehead atoms. The van der Waals surface area contributed by atoms with Gasteiger partial charge in [-0.05, 0) is 23.1 Å². The second kappa shape index (κ2) is 3.21. The third kappa shape index (κ3) is 1.35. The molecular formula is C5H8O2Si. The van der Waals surface area contributed by atoms with Crippen LogP contribution in [0.1, 0.15) is 10.6 Å². The van der Waals surface area contributed by atoms with Gasteiger partial charge in [-0.3, -0.25) is 4.79 Å². The number of hydrogen-bond donors (Lipinski definition) is 0.